The minimum absolute atomic E-state index is 0.0657. The quantitative estimate of drug-likeness (QED) is 0.630. The van der Waals surface area contributed by atoms with E-state index in [1.54, 1.807) is 30.5 Å². The Morgan fingerprint density at radius 2 is 1.85 bits per heavy atom. The third kappa shape index (κ3) is 3.53. The van der Waals surface area contributed by atoms with Crippen molar-refractivity contribution in [1.29, 1.82) is 0 Å². The van der Waals surface area contributed by atoms with Gasteiger partial charge in [0.05, 0.1) is 16.3 Å². The Labute approximate surface area is 155 Å². The van der Waals surface area contributed by atoms with Crippen LogP contribution in [0.5, 0.6) is 0 Å². The number of aryl methyl sites for hydroxylation is 1. The molecule has 0 radical (unpaired) electrons. The van der Waals surface area contributed by atoms with E-state index in [0.717, 1.165) is 22.6 Å². The van der Waals surface area contributed by atoms with Gasteiger partial charge < -0.3 is 9.67 Å². The van der Waals surface area contributed by atoms with Crippen LogP contribution in [0.4, 0.5) is 10.1 Å². The van der Waals surface area contributed by atoms with Crippen molar-refractivity contribution < 1.29 is 14.3 Å². The number of nitrogens with zero attached hydrogens (tertiary/aromatic N) is 2. The Hall–Kier alpha value is -2.92. The number of halogens is 2. The van der Waals surface area contributed by atoms with Crippen LogP contribution >= 0.6 is 11.6 Å². The highest BCUT2D eigenvalue weighted by atomic mass is 35.5. The molecule has 0 aliphatic rings. The molecule has 0 atom stereocenters. The van der Waals surface area contributed by atoms with E-state index in [0.29, 0.717) is 5.69 Å². The summed E-state index contributed by atoms with van der Waals surface area (Å²) >= 11 is 6.09. The normalized spacial score (nSPS) is 11.2. The highest BCUT2D eigenvalue weighted by molar-refractivity contribution is 6.33. The van der Waals surface area contributed by atoms with Crippen molar-refractivity contribution in [3.63, 3.8) is 0 Å². The first-order valence-corrected chi connectivity index (χ1v) is 8.26. The molecule has 1 aromatic heterocycles. The van der Waals surface area contributed by atoms with Crippen LogP contribution in [-0.4, -0.2) is 21.9 Å². The first-order chi connectivity index (χ1) is 12.4. The van der Waals surface area contributed by atoms with E-state index in [1.807, 2.05) is 24.5 Å². The number of benzene rings is 2. The van der Waals surface area contributed by atoms with E-state index >= 15 is 0 Å². The minimum atomic E-state index is -1.06. The number of carboxylic acid groups (broad SMARTS) is 1. The van der Waals surface area contributed by atoms with Gasteiger partial charge >= 0.3 is 5.97 Å². The zero-order valence-electron chi connectivity index (χ0n) is 14.2. The van der Waals surface area contributed by atoms with Crippen LogP contribution < -0.4 is 0 Å². The molecule has 0 unspecified atom stereocenters. The summed E-state index contributed by atoms with van der Waals surface area (Å²) in [7, 11) is 0. The van der Waals surface area contributed by atoms with Crippen LogP contribution in [0.1, 0.15) is 27.3 Å². The zero-order valence-corrected chi connectivity index (χ0v) is 15.0. The van der Waals surface area contributed by atoms with Crippen LogP contribution in [0.2, 0.25) is 5.02 Å². The van der Waals surface area contributed by atoms with E-state index in [9.17, 15) is 9.18 Å². The van der Waals surface area contributed by atoms with Gasteiger partial charge in [-0.1, -0.05) is 11.6 Å². The highest BCUT2D eigenvalue weighted by Crippen LogP contribution is 2.25. The molecular weight excluding hydrogens is 355 g/mol. The molecule has 0 spiro atoms. The predicted octanol–water partition coefficient (Wildman–Crippen LogP) is 5.34. The predicted molar refractivity (Wildman–Crippen MR) is 101 cm³/mol. The summed E-state index contributed by atoms with van der Waals surface area (Å²) in [6, 6.07) is 12.8. The van der Waals surface area contributed by atoms with Gasteiger partial charge in [0, 0.05) is 28.9 Å². The lowest BCUT2D eigenvalue weighted by Gasteiger charge is -2.11. The molecule has 132 valence electrons. The molecule has 26 heavy (non-hydrogen) atoms. The lowest BCUT2D eigenvalue weighted by atomic mass is 10.2. The fourth-order valence-electron chi connectivity index (χ4n) is 2.80. The summed E-state index contributed by atoms with van der Waals surface area (Å²) in [5.74, 6) is -1.36. The van der Waals surface area contributed by atoms with E-state index in [-0.39, 0.29) is 16.4 Å². The maximum atomic E-state index is 13.0. The monoisotopic (exact) mass is 370 g/mol. The molecule has 0 saturated carbocycles. The Kier molecular flexibility index (Phi) is 4.91. The summed E-state index contributed by atoms with van der Waals surface area (Å²) in [5, 5.41) is 9.29. The number of carbonyl (C=O) groups is 1. The van der Waals surface area contributed by atoms with Crippen LogP contribution in [0.3, 0.4) is 0 Å². The molecule has 3 aromatic rings. The largest absolute Gasteiger partial charge is 0.478 e. The van der Waals surface area contributed by atoms with Crippen molar-refractivity contribution in [2.24, 2.45) is 4.99 Å². The van der Waals surface area contributed by atoms with Crippen LogP contribution in [0, 0.1) is 19.7 Å². The molecule has 1 heterocycles. The molecule has 0 amide bonds. The van der Waals surface area contributed by atoms with Gasteiger partial charge in [-0.15, -0.1) is 0 Å². The Morgan fingerprint density at radius 3 is 2.46 bits per heavy atom. The molecule has 1 N–H and O–H groups in total. The van der Waals surface area contributed by atoms with Crippen molar-refractivity contribution >= 4 is 29.5 Å². The van der Waals surface area contributed by atoms with Crippen molar-refractivity contribution in [2.45, 2.75) is 13.8 Å². The SMILES string of the molecule is Cc1cc(C=Nc2ccc(F)cc2)c(C)n1-c1ccc(C(=O)O)c(Cl)c1. The Balaban J connectivity index is 1.97. The summed E-state index contributed by atoms with van der Waals surface area (Å²) < 4.78 is 14.9. The van der Waals surface area contributed by atoms with E-state index in [4.69, 9.17) is 16.7 Å². The first-order valence-electron chi connectivity index (χ1n) is 7.88. The number of aliphatic imine (C=N–C) groups is 1. The molecule has 0 aliphatic carbocycles. The Bertz CT molecular complexity index is 1010. The van der Waals surface area contributed by atoms with Gasteiger partial charge in [-0.05, 0) is 62.4 Å². The maximum Gasteiger partial charge on any atom is 0.337 e. The number of hydrogen-bond donors (Lipinski definition) is 1. The standard InChI is InChI=1S/C20H16ClFN2O2/c1-12-9-14(11-23-16-5-3-15(22)4-6-16)13(2)24(12)17-7-8-18(20(25)26)19(21)10-17/h3-11H,1-2H3,(H,25,26). The maximum absolute atomic E-state index is 13.0. The van der Waals surface area contributed by atoms with Crippen molar-refractivity contribution in [3.8, 4) is 5.69 Å². The minimum Gasteiger partial charge on any atom is -0.478 e. The van der Waals surface area contributed by atoms with Crippen LogP contribution in [0.15, 0.2) is 53.5 Å². The van der Waals surface area contributed by atoms with E-state index in [1.165, 1.54) is 18.2 Å². The van der Waals surface area contributed by atoms with Gasteiger partial charge in [0.15, 0.2) is 0 Å². The highest BCUT2D eigenvalue weighted by Gasteiger charge is 2.13. The van der Waals surface area contributed by atoms with Crippen LogP contribution in [0.25, 0.3) is 5.69 Å². The topological polar surface area (TPSA) is 54.6 Å². The number of aromatic nitrogens is 1. The fourth-order valence-corrected chi connectivity index (χ4v) is 3.06. The lowest BCUT2D eigenvalue weighted by Crippen LogP contribution is -2.02. The molecule has 0 saturated heterocycles. The number of aromatic carboxylic acids is 1. The molecule has 2 aromatic carbocycles. The summed E-state index contributed by atoms with van der Waals surface area (Å²) in [5.41, 5.74) is 4.30. The van der Waals surface area contributed by atoms with Gasteiger partial charge in [-0.2, -0.15) is 0 Å². The van der Waals surface area contributed by atoms with Crippen molar-refractivity contribution in [2.75, 3.05) is 0 Å². The third-order valence-electron chi connectivity index (χ3n) is 4.09. The molecule has 0 bridgehead atoms. The summed E-state index contributed by atoms with van der Waals surface area (Å²) in [6.07, 6.45) is 1.72. The van der Waals surface area contributed by atoms with Gasteiger partial charge in [0.2, 0.25) is 0 Å². The second-order valence-corrected chi connectivity index (χ2v) is 6.27. The molecule has 0 fully saturated rings. The Morgan fingerprint density at radius 1 is 1.15 bits per heavy atom. The second kappa shape index (κ2) is 7.14. The number of rotatable bonds is 4. The van der Waals surface area contributed by atoms with E-state index in [2.05, 4.69) is 4.99 Å². The zero-order chi connectivity index (χ0) is 18.8. The molecule has 0 aliphatic heterocycles. The summed E-state index contributed by atoms with van der Waals surface area (Å²) in [6.45, 7) is 3.89. The van der Waals surface area contributed by atoms with Gasteiger partial charge in [0.1, 0.15) is 5.82 Å². The lowest BCUT2D eigenvalue weighted by molar-refractivity contribution is 0.0697. The van der Waals surface area contributed by atoms with Crippen LogP contribution in [-0.2, 0) is 0 Å². The molecule has 4 nitrogen and oxygen atoms in total. The van der Waals surface area contributed by atoms with Crippen molar-refractivity contribution in [3.05, 3.63) is 81.9 Å². The van der Waals surface area contributed by atoms with Crippen molar-refractivity contribution in [1.82, 2.24) is 4.57 Å². The third-order valence-corrected chi connectivity index (χ3v) is 4.40. The number of carboxylic acids is 1. The second-order valence-electron chi connectivity index (χ2n) is 5.87. The first kappa shape index (κ1) is 17.9. The van der Waals surface area contributed by atoms with E-state index < -0.39 is 5.97 Å². The summed E-state index contributed by atoms with van der Waals surface area (Å²) in [4.78, 5) is 15.5. The fraction of sp³-hybridized carbons (Fsp3) is 0.100. The molecule has 3 rings (SSSR count). The van der Waals surface area contributed by atoms with Gasteiger partial charge in [0.25, 0.3) is 0 Å². The average molecular weight is 371 g/mol. The smallest absolute Gasteiger partial charge is 0.337 e. The van der Waals surface area contributed by atoms with Gasteiger partial charge in [-0.25, -0.2) is 9.18 Å². The molecular formula is C20H16ClFN2O2. The average Bonchev–Trinajstić information content (AvgIpc) is 2.87. The van der Waals surface area contributed by atoms with Gasteiger partial charge in [-0.3, -0.25) is 4.99 Å². The molecule has 6 heteroatoms. The number of hydrogen-bond acceptors (Lipinski definition) is 2.